The molecule has 0 radical (unpaired) electrons. The van der Waals surface area contributed by atoms with Crippen LogP contribution in [0.2, 0.25) is 0 Å². The highest BCUT2D eigenvalue weighted by Gasteiger charge is 2.25. The summed E-state index contributed by atoms with van der Waals surface area (Å²) in [6.07, 6.45) is 1.16. The van der Waals surface area contributed by atoms with Gasteiger partial charge in [-0.05, 0) is 24.1 Å². The third-order valence-corrected chi connectivity index (χ3v) is 3.38. The van der Waals surface area contributed by atoms with Crippen molar-refractivity contribution >= 4 is 5.91 Å². The van der Waals surface area contributed by atoms with E-state index < -0.39 is 0 Å². The van der Waals surface area contributed by atoms with Crippen LogP contribution in [0, 0.1) is 0 Å². The third kappa shape index (κ3) is 3.68. The van der Waals surface area contributed by atoms with Gasteiger partial charge in [-0.2, -0.15) is 0 Å². The van der Waals surface area contributed by atoms with Crippen molar-refractivity contribution in [3.05, 3.63) is 29.8 Å². The van der Waals surface area contributed by atoms with Crippen LogP contribution in [0.1, 0.15) is 12.0 Å². The smallest absolute Gasteiger partial charge is 0.227 e. The number of amides is 1. The number of methoxy groups -OCH3 is 1. The lowest BCUT2D eigenvalue weighted by atomic mass is 10.0. The maximum Gasteiger partial charge on any atom is 0.227 e. The standard InChI is InChI=1S/C14H21N3O2/c1-19-13-4-2-10(3-5-13)6-14(18)17-8-11(15)7-12(16)9-17/h2-5,11-12H,6-9,15-16H2,1H3. The molecule has 1 heterocycles. The molecule has 104 valence electrons. The lowest BCUT2D eigenvalue weighted by molar-refractivity contribution is -0.131. The second kappa shape index (κ2) is 6.04. The summed E-state index contributed by atoms with van der Waals surface area (Å²) in [6.45, 7) is 1.20. The molecule has 5 heteroatoms. The second-order valence-corrected chi connectivity index (χ2v) is 5.08. The van der Waals surface area contributed by atoms with Crippen LogP contribution in [0.15, 0.2) is 24.3 Å². The molecular weight excluding hydrogens is 242 g/mol. The molecule has 2 unspecified atom stereocenters. The molecule has 1 amide bonds. The molecule has 0 saturated carbocycles. The molecule has 1 fully saturated rings. The van der Waals surface area contributed by atoms with Gasteiger partial charge in [-0.3, -0.25) is 4.79 Å². The van der Waals surface area contributed by atoms with E-state index in [4.69, 9.17) is 16.2 Å². The van der Waals surface area contributed by atoms with Gasteiger partial charge in [-0.25, -0.2) is 0 Å². The summed E-state index contributed by atoms with van der Waals surface area (Å²) in [4.78, 5) is 14.0. The average molecular weight is 263 g/mol. The number of hydrogen-bond acceptors (Lipinski definition) is 4. The van der Waals surface area contributed by atoms with Gasteiger partial charge in [0.1, 0.15) is 5.75 Å². The van der Waals surface area contributed by atoms with Crippen molar-refractivity contribution in [1.29, 1.82) is 0 Å². The van der Waals surface area contributed by atoms with Crippen LogP contribution in [-0.4, -0.2) is 43.1 Å². The second-order valence-electron chi connectivity index (χ2n) is 5.08. The Morgan fingerprint density at radius 1 is 1.26 bits per heavy atom. The van der Waals surface area contributed by atoms with Crippen LogP contribution >= 0.6 is 0 Å². The first kappa shape index (κ1) is 13.8. The average Bonchev–Trinajstić information content (AvgIpc) is 2.38. The van der Waals surface area contributed by atoms with E-state index in [1.807, 2.05) is 24.3 Å². The van der Waals surface area contributed by atoms with Gasteiger partial charge < -0.3 is 21.1 Å². The summed E-state index contributed by atoms with van der Waals surface area (Å²) >= 11 is 0. The minimum atomic E-state index is -0.0106. The van der Waals surface area contributed by atoms with Crippen LogP contribution in [0.5, 0.6) is 5.75 Å². The van der Waals surface area contributed by atoms with E-state index in [2.05, 4.69) is 0 Å². The maximum atomic E-state index is 12.2. The minimum Gasteiger partial charge on any atom is -0.497 e. The number of ether oxygens (including phenoxy) is 1. The van der Waals surface area contributed by atoms with Crippen LogP contribution < -0.4 is 16.2 Å². The molecule has 2 atom stereocenters. The first-order valence-corrected chi connectivity index (χ1v) is 6.50. The first-order chi connectivity index (χ1) is 9.08. The Hall–Kier alpha value is -1.59. The summed E-state index contributed by atoms with van der Waals surface area (Å²) in [7, 11) is 1.62. The zero-order chi connectivity index (χ0) is 13.8. The molecule has 5 nitrogen and oxygen atoms in total. The molecule has 1 aliphatic heterocycles. The SMILES string of the molecule is COc1ccc(CC(=O)N2CC(N)CC(N)C2)cc1. The molecule has 2 rings (SSSR count). The van der Waals surface area contributed by atoms with Gasteiger partial charge in [-0.15, -0.1) is 0 Å². The van der Waals surface area contributed by atoms with E-state index in [-0.39, 0.29) is 18.0 Å². The highest BCUT2D eigenvalue weighted by atomic mass is 16.5. The molecule has 0 aromatic heterocycles. The van der Waals surface area contributed by atoms with Crippen LogP contribution in [-0.2, 0) is 11.2 Å². The number of carbonyl (C=O) groups excluding carboxylic acids is 1. The van der Waals surface area contributed by atoms with Crippen molar-refractivity contribution in [3.8, 4) is 5.75 Å². The Balaban J connectivity index is 1.96. The zero-order valence-corrected chi connectivity index (χ0v) is 11.2. The van der Waals surface area contributed by atoms with Crippen molar-refractivity contribution in [3.63, 3.8) is 0 Å². The lowest BCUT2D eigenvalue weighted by Crippen LogP contribution is -2.54. The quantitative estimate of drug-likeness (QED) is 0.812. The number of likely N-dealkylation sites (tertiary alicyclic amines) is 1. The summed E-state index contributed by atoms with van der Waals surface area (Å²) < 4.78 is 5.09. The van der Waals surface area contributed by atoms with Crippen molar-refractivity contribution in [2.75, 3.05) is 20.2 Å². The minimum absolute atomic E-state index is 0.0106. The Kier molecular flexibility index (Phi) is 4.39. The van der Waals surface area contributed by atoms with Gasteiger partial charge in [0.2, 0.25) is 5.91 Å². The fourth-order valence-electron chi connectivity index (χ4n) is 2.41. The van der Waals surface area contributed by atoms with Gasteiger partial charge in [0.15, 0.2) is 0 Å². The highest BCUT2D eigenvalue weighted by Crippen LogP contribution is 2.14. The summed E-state index contributed by atoms with van der Waals surface area (Å²) in [6, 6.07) is 7.50. The summed E-state index contributed by atoms with van der Waals surface area (Å²) in [5.74, 6) is 0.869. The van der Waals surface area contributed by atoms with E-state index in [9.17, 15) is 4.79 Å². The van der Waals surface area contributed by atoms with E-state index in [0.29, 0.717) is 19.5 Å². The Bertz CT molecular complexity index is 423. The van der Waals surface area contributed by atoms with Gasteiger partial charge in [-0.1, -0.05) is 12.1 Å². The van der Waals surface area contributed by atoms with Crippen molar-refractivity contribution in [2.24, 2.45) is 11.5 Å². The van der Waals surface area contributed by atoms with Gasteiger partial charge in [0, 0.05) is 25.2 Å². The normalized spacial score (nSPS) is 23.2. The predicted molar refractivity (Wildman–Crippen MR) is 73.8 cm³/mol. The number of nitrogens with two attached hydrogens (primary N) is 2. The molecule has 1 aliphatic rings. The van der Waals surface area contributed by atoms with E-state index in [1.54, 1.807) is 12.0 Å². The molecule has 0 spiro atoms. The number of piperidine rings is 1. The van der Waals surface area contributed by atoms with E-state index >= 15 is 0 Å². The maximum absolute atomic E-state index is 12.2. The molecule has 0 bridgehead atoms. The van der Waals surface area contributed by atoms with E-state index in [0.717, 1.165) is 17.7 Å². The number of carbonyl (C=O) groups is 1. The molecule has 0 aliphatic carbocycles. The van der Waals surface area contributed by atoms with Crippen LogP contribution in [0.25, 0.3) is 0 Å². The van der Waals surface area contributed by atoms with Crippen molar-refractivity contribution in [1.82, 2.24) is 4.90 Å². The first-order valence-electron chi connectivity index (χ1n) is 6.50. The van der Waals surface area contributed by atoms with Crippen LogP contribution in [0.3, 0.4) is 0 Å². The number of rotatable bonds is 3. The van der Waals surface area contributed by atoms with Crippen molar-refractivity contribution in [2.45, 2.75) is 24.9 Å². The molecule has 19 heavy (non-hydrogen) atoms. The van der Waals surface area contributed by atoms with E-state index in [1.165, 1.54) is 0 Å². The highest BCUT2D eigenvalue weighted by molar-refractivity contribution is 5.79. The number of nitrogens with zero attached hydrogens (tertiary/aromatic N) is 1. The summed E-state index contributed by atoms with van der Waals surface area (Å²) in [5.41, 5.74) is 12.8. The van der Waals surface area contributed by atoms with Gasteiger partial charge >= 0.3 is 0 Å². The fraction of sp³-hybridized carbons (Fsp3) is 0.500. The van der Waals surface area contributed by atoms with Crippen LogP contribution in [0.4, 0.5) is 0 Å². The van der Waals surface area contributed by atoms with Gasteiger partial charge in [0.05, 0.1) is 13.5 Å². The lowest BCUT2D eigenvalue weighted by Gasteiger charge is -2.34. The molecule has 1 saturated heterocycles. The number of hydrogen-bond donors (Lipinski definition) is 2. The molecule has 1 aromatic rings. The molecular formula is C14H21N3O2. The summed E-state index contributed by atoms with van der Waals surface area (Å²) in [5, 5.41) is 0. The Morgan fingerprint density at radius 3 is 2.37 bits per heavy atom. The number of benzene rings is 1. The Labute approximate surface area is 113 Å². The topological polar surface area (TPSA) is 81.6 Å². The zero-order valence-electron chi connectivity index (χ0n) is 11.2. The third-order valence-electron chi connectivity index (χ3n) is 3.38. The van der Waals surface area contributed by atoms with Gasteiger partial charge in [0.25, 0.3) is 0 Å². The largest absolute Gasteiger partial charge is 0.497 e. The predicted octanol–water partition coefficient (Wildman–Crippen LogP) is 0.125. The Morgan fingerprint density at radius 2 is 1.84 bits per heavy atom. The monoisotopic (exact) mass is 263 g/mol. The molecule has 1 aromatic carbocycles. The fourth-order valence-corrected chi connectivity index (χ4v) is 2.41. The molecule has 4 N–H and O–H groups in total. The van der Waals surface area contributed by atoms with Crippen molar-refractivity contribution < 1.29 is 9.53 Å².